The molecule has 32 heavy (non-hydrogen) atoms. The van der Waals surface area contributed by atoms with Crippen LogP contribution in [0.1, 0.15) is 45.3 Å². The van der Waals surface area contributed by atoms with E-state index in [0.717, 1.165) is 28.3 Å². The Morgan fingerprint density at radius 2 is 1.94 bits per heavy atom. The lowest BCUT2D eigenvalue weighted by Crippen LogP contribution is -2.42. The Kier molecular flexibility index (Phi) is 6.15. The molecule has 1 atom stereocenters. The zero-order valence-corrected chi connectivity index (χ0v) is 20.2. The Hall–Kier alpha value is -2.44. The number of thiophene rings is 1. The van der Waals surface area contributed by atoms with Crippen LogP contribution >= 0.6 is 23.1 Å². The van der Waals surface area contributed by atoms with Gasteiger partial charge in [0, 0.05) is 32.4 Å². The Morgan fingerprint density at radius 1 is 1.09 bits per heavy atom. The number of ether oxygens (including phenoxy) is 1. The third kappa shape index (κ3) is 3.90. The van der Waals surface area contributed by atoms with E-state index >= 15 is 0 Å². The van der Waals surface area contributed by atoms with E-state index in [1.807, 2.05) is 58.9 Å². The monoisotopic (exact) mass is 464 g/mol. The molecule has 0 radical (unpaired) electrons. The molecular formula is C26H28N2O2S2. The molecule has 1 aromatic heterocycles. The van der Waals surface area contributed by atoms with Crippen molar-refractivity contribution in [1.29, 1.82) is 0 Å². The number of nitrogens with one attached hydrogen (secondary N) is 1. The van der Waals surface area contributed by atoms with Gasteiger partial charge in [0.2, 0.25) is 0 Å². The number of anilines is 1. The largest absolute Gasteiger partial charge is 0.496 e. The van der Waals surface area contributed by atoms with E-state index in [-0.39, 0.29) is 12.1 Å². The van der Waals surface area contributed by atoms with Gasteiger partial charge in [0.05, 0.1) is 13.2 Å². The average Bonchev–Trinajstić information content (AvgIpc) is 3.22. The highest BCUT2D eigenvalue weighted by molar-refractivity contribution is 7.98. The summed E-state index contributed by atoms with van der Waals surface area (Å²) in [6.45, 7) is 0.701. The van der Waals surface area contributed by atoms with Crippen molar-refractivity contribution in [2.45, 2.75) is 43.0 Å². The number of nitrogens with zero attached hydrogens (tertiary/aromatic N) is 1. The van der Waals surface area contributed by atoms with Crippen LogP contribution in [0.25, 0.3) is 0 Å². The SMILES string of the molecule is COc1ccccc1[C@@H]1c2sc3c(c2CCN1C(=O)Nc1cccc(SC)c1)CCCC3. The van der Waals surface area contributed by atoms with Crippen molar-refractivity contribution in [3.63, 3.8) is 0 Å². The number of para-hydroxylation sites is 1. The van der Waals surface area contributed by atoms with Gasteiger partial charge in [0.15, 0.2) is 0 Å². The molecule has 2 aromatic carbocycles. The van der Waals surface area contributed by atoms with Crippen molar-refractivity contribution in [3.05, 3.63) is 75.0 Å². The number of thioether (sulfide) groups is 1. The fourth-order valence-corrected chi connectivity index (χ4v) is 7.00. The second-order valence-electron chi connectivity index (χ2n) is 8.30. The maximum atomic E-state index is 13.6. The predicted molar refractivity (Wildman–Crippen MR) is 133 cm³/mol. The highest BCUT2D eigenvalue weighted by atomic mass is 32.2. The van der Waals surface area contributed by atoms with E-state index in [4.69, 9.17) is 4.74 Å². The number of hydrogen-bond donors (Lipinski definition) is 1. The van der Waals surface area contributed by atoms with Crippen molar-refractivity contribution < 1.29 is 9.53 Å². The summed E-state index contributed by atoms with van der Waals surface area (Å²) < 4.78 is 5.74. The van der Waals surface area contributed by atoms with Crippen molar-refractivity contribution >= 4 is 34.8 Å². The molecule has 0 bridgehead atoms. The van der Waals surface area contributed by atoms with E-state index < -0.39 is 0 Å². The van der Waals surface area contributed by atoms with E-state index in [1.165, 1.54) is 41.0 Å². The number of fused-ring (bicyclic) bond motifs is 3. The van der Waals surface area contributed by atoms with Crippen molar-refractivity contribution in [1.82, 2.24) is 4.90 Å². The molecule has 0 saturated carbocycles. The van der Waals surface area contributed by atoms with Gasteiger partial charge >= 0.3 is 6.03 Å². The summed E-state index contributed by atoms with van der Waals surface area (Å²) in [7, 11) is 1.71. The summed E-state index contributed by atoms with van der Waals surface area (Å²) >= 11 is 3.59. The summed E-state index contributed by atoms with van der Waals surface area (Å²) in [4.78, 5) is 19.5. The van der Waals surface area contributed by atoms with Gasteiger partial charge in [-0.15, -0.1) is 23.1 Å². The Bertz CT molecular complexity index is 1140. The standard InChI is InChI=1S/C26H28N2O2S2/c1-30-22-12-5-3-11-21(22)24-25-20(19-10-4-6-13-23(19)32-25)14-15-28(24)26(29)27-17-8-7-9-18(16-17)31-2/h3,5,7-9,11-12,16,24H,4,6,10,13-15H2,1-2H3,(H,27,29)/t24-/m1/s1. The normalized spacial score (nSPS) is 17.4. The van der Waals surface area contributed by atoms with E-state index in [2.05, 4.69) is 17.4 Å². The maximum absolute atomic E-state index is 13.6. The first-order chi connectivity index (χ1) is 15.7. The molecule has 2 amide bonds. The molecule has 5 rings (SSSR count). The van der Waals surface area contributed by atoms with Gasteiger partial charge < -0.3 is 15.0 Å². The van der Waals surface area contributed by atoms with E-state index in [9.17, 15) is 4.79 Å². The number of urea groups is 1. The number of carbonyl (C=O) groups excluding carboxylic acids is 1. The Morgan fingerprint density at radius 3 is 2.78 bits per heavy atom. The number of rotatable bonds is 4. The van der Waals surface area contributed by atoms with Crippen LogP contribution in [0.15, 0.2) is 53.4 Å². The first-order valence-corrected chi connectivity index (χ1v) is 13.2. The number of amides is 2. The zero-order chi connectivity index (χ0) is 22.1. The fourth-order valence-electron chi connectivity index (χ4n) is 4.97. The van der Waals surface area contributed by atoms with Crippen LogP contribution in [-0.4, -0.2) is 30.8 Å². The van der Waals surface area contributed by atoms with Gasteiger partial charge in [-0.1, -0.05) is 24.3 Å². The molecule has 1 aliphatic heterocycles. The minimum atomic E-state index is -0.130. The molecule has 2 heterocycles. The van der Waals surface area contributed by atoms with Gasteiger partial charge in [-0.2, -0.15) is 0 Å². The van der Waals surface area contributed by atoms with Crippen LogP contribution in [0.2, 0.25) is 0 Å². The maximum Gasteiger partial charge on any atom is 0.322 e. The molecule has 6 heteroatoms. The lowest BCUT2D eigenvalue weighted by atomic mass is 9.88. The highest BCUT2D eigenvalue weighted by Crippen LogP contribution is 2.46. The van der Waals surface area contributed by atoms with E-state index in [1.54, 1.807) is 24.4 Å². The summed E-state index contributed by atoms with van der Waals surface area (Å²) in [5.41, 5.74) is 4.93. The third-order valence-corrected chi connectivity index (χ3v) is 8.60. The molecule has 0 fully saturated rings. The molecule has 1 aliphatic carbocycles. The van der Waals surface area contributed by atoms with Gasteiger partial charge in [-0.3, -0.25) is 0 Å². The molecule has 2 aliphatic rings. The zero-order valence-electron chi connectivity index (χ0n) is 18.5. The van der Waals surface area contributed by atoms with Crippen LogP contribution in [0.4, 0.5) is 10.5 Å². The van der Waals surface area contributed by atoms with E-state index in [0.29, 0.717) is 6.54 Å². The van der Waals surface area contributed by atoms with Gasteiger partial charge in [0.25, 0.3) is 0 Å². The van der Waals surface area contributed by atoms with Crippen LogP contribution in [0.3, 0.4) is 0 Å². The second-order valence-corrected chi connectivity index (χ2v) is 10.3. The van der Waals surface area contributed by atoms with Gasteiger partial charge in [-0.05, 0) is 73.8 Å². The third-order valence-electron chi connectivity index (χ3n) is 6.49. The molecule has 4 nitrogen and oxygen atoms in total. The summed E-state index contributed by atoms with van der Waals surface area (Å²) in [6, 6.07) is 16.0. The first kappa shape index (κ1) is 21.4. The van der Waals surface area contributed by atoms with Crippen molar-refractivity contribution in [2.75, 3.05) is 25.2 Å². The lowest BCUT2D eigenvalue weighted by molar-refractivity contribution is 0.194. The Balaban J connectivity index is 1.55. The predicted octanol–water partition coefficient (Wildman–Crippen LogP) is 6.54. The quantitative estimate of drug-likeness (QED) is 0.446. The summed E-state index contributed by atoms with van der Waals surface area (Å²) in [5.74, 6) is 0.832. The molecule has 1 N–H and O–H groups in total. The minimum absolute atomic E-state index is 0.0591. The van der Waals surface area contributed by atoms with Crippen molar-refractivity contribution in [3.8, 4) is 5.75 Å². The number of hydrogen-bond acceptors (Lipinski definition) is 4. The number of benzene rings is 2. The number of methoxy groups -OCH3 is 1. The van der Waals surface area contributed by atoms with Crippen LogP contribution in [-0.2, 0) is 19.3 Å². The number of aryl methyl sites for hydroxylation is 1. The molecule has 3 aromatic rings. The molecular weight excluding hydrogens is 436 g/mol. The van der Waals surface area contributed by atoms with Gasteiger partial charge in [0.1, 0.15) is 5.75 Å². The summed E-state index contributed by atoms with van der Waals surface area (Å²) in [6.07, 6.45) is 7.84. The van der Waals surface area contributed by atoms with Gasteiger partial charge in [-0.25, -0.2) is 4.79 Å². The molecule has 0 saturated heterocycles. The molecule has 166 valence electrons. The second kappa shape index (κ2) is 9.20. The van der Waals surface area contributed by atoms with Crippen LogP contribution in [0, 0.1) is 0 Å². The average molecular weight is 465 g/mol. The molecule has 0 spiro atoms. The van der Waals surface area contributed by atoms with Crippen molar-refractivity contribution in [2.24, 2.45) is 0 Å². The van der Waals surface area contributed by atoms with Crippen LogP contribution < -0.4 is 10.1 Å². The highest BCUT2D eigenvalue weighted by Gasteiger charge is 2.37. The van der Waals surface area contributed by atoms with Crippen LogP contribution in [0.5, 0.6) is 5.75 Å². The smallest absolute Gasteiger partial charge is 0.322 e. The number of carbonyl (C=O) groups is 1. The lowest BCUT2D eigenvalue weighted by Gasteiger charge is -2.37. The summed E-state index contributed by atoms with van der Waals surface area (Å²) in [5, 5.41) is 3.15. The fraction of sp³-hybridized carbons (Fsp3) is 0.346. The topological polar surface area (TPSA) is 41.6 Å². The minimum Gasteiger partial charge on any atom is -0.496 e. The molecule has 0 unspecified atom stereocenters. The Labute approximate surface area is 198 Å². The first-order valence-electron chi connectivity index (χ1n) is 11.2.